The lowest BCUT2D eigenvalue weighted by Crippen LogP contribution is -2.36. The number of nitrogens with zero attached hydrogens (tertiary/aromatic N) is 2. The Labute approximate surface area is 161 Å². The van der Waals surface area contributed by atoms with Crippen molar-refractivity contribution in [1.29, 1.82) is 0 Å². The van der Waals surface area contributed by atoms with E-state index in [-0.39, 0.29) is 17.2 Å². The van der Waals surface area contributed by atoms with Crippen LogP contribution < -0.4 is 5.32 Å². The van der Waals surface area contributed by atoms with Crippen molar-refractivity contribution in [1.82, 2.24) is 15.2 Å². The summed E-state index contributed by atoms with van der Waals surface area (Å²) < 4.78 is 5.69. The molecule has 4 rings (SSSR count). The van der Waals surface area contributed by atoms with E-state index in [0.29, 0.717) is 0 Å². The van der Waals surface area contributed by atoms with Crippen molar-refractivity contribution in [3.63, 3.8) is 0 Å². The Balaban J connectivity index is 1.16. The number of carbonyl (C=O) groups is 1. The molecular formula is C22H29N3O2. The van der Waals surface area contributed by atoms with Crippen molar-refractivity contribution < 1.29 is 9.21 Å². The first kappa shape index (κ1) is 18.2. The molecule has 1 aliphatic carbocycles. The van der Waals surface area contributed by atoms with Gasteiger partial charge in [-0.15, -0.1) is 0 Å². The van der Waals surface area contributed by atoms with Crippen molar-refractivity contribution in [3.05, 3.63) is 53.7 Å². The summed E-state index contributed by atoms with van der Waals surface area (Å²) in [7, 11) is 0. The van der Waals surface area contributed by atoms with Crippen molar-refractivity contribution in [2.75, 3.05) is 19.6 Å². The molecule has 5 heteroatoms. The summed E-state index contributed by atoms with van der Waals surface area (Å²) in [6, 6.07) is 8.17. The molecule has 1 atom stereocenters. The van der Waals surface area contributed by atoms with Crippen molar-refractivity contribution >= 4 is 5.91 Å². The third-order valence-electron chi connectivity index (χ3n) is 6.22. The van der Waals surface area contributed by atoms with E-state index in [9.17, 15) is 4.79 Å². The predicted octanol–water partition coefficient (Wildman–Crippen LogP) is 3.33. The van der Waals surface area contributed by atoms with Crippen LogP contribution in [0.3, 0.4) is 0 Å². The van der Waals surface area contributed by atoms with Crippen LogP contribution in [0.4, 0.5) is 0 Å². The average molecular weight is 367 g/mol. The SMILES string of the molecule is Cc1ccc(CN2CCC3(CC2)CC3C(=O)NCCCc2ccncc2)o1. The highest BCUT2D eigenvalue weighted by Gasteiger charge is 2.58. The zero-order valence-electron chi connectivity index (χ0n) is 16.1. The molecule has 1 N–H and O–H groups in total. The molecule has 2 aromatic rings. The number of likely N-dealkylation sites (tertiary alicyclic amines) is 1. The number of pyridine rings is 1. The maximum atomic E-state index is 12.5. The summed E-state index contributed by atoms with van der Waals surface area (Å²) in [5.74, 6) is 2.51. The third-order valence-corrected chi connectivity index (χ3v) is 6.22. The van der Waals surface area contributed by atoms with E-state index in [1.165, 1.54) is 5.56 Å². The second-order valence-corrected chi connectivity index (χ2v) is 8.16. The molecule has 2 fully saturated rings. The molecule has 144 valence electrons. The second-order valence-electron chi connectivity index (χ2n) is 8.16. The van der Waals surface area contributed by atoms with E-state index in [1.54, 1.807) is 0 Å². The smallest absolute Gasteiger partial charge is 0.223 e. The topological polar surface area (TPSA) is 58.4 Å². The first-order chi connectivity index (χ1) is 13.1. The van der Waals surface area contributed by atoms with Crippen LogP contribution in [-0.2, 0) is 17.8 Å². The van der Waals surface area contributed by atoms with Gasteiger partial charge in [-0.25, -0.2) is 0 Å². The molecule has 1 unspecified atom stereocenters. The number of carbonyl (C=O) groups excluding carboxylic acids is 1. The molecule has 0 bridgehead atoms. The Morgan fingerprint density at radius 3 is 2.74 bits per heavy atom. The summed E-state index contributed by atoms with van der Waals surface area (Å²) in [6.45, 7) is 5.75. The Morgan fingerprint density at radius 2 is 2.04 bits per heavy atom. The van der Waals surface area contributed by atoms with Gasteiger partial charge in [-0.2, -0.15) is 0 Å². The Kier molecular flexibility index (Phi) is 5.30. The van der Waals surface area contributed by atoms with Gasteiger partial charge in [0.05, 0.1) is 6.54 Å². The summed E-state index contributed by atoms with van der Waals surface area (Å²) in [4.78, 5) is 19.0. The number of amides is 1. The van der Waals surface area contributed by atoms with Crippen LogP contribution in [0.25, 0.3) is 0 Å². The molecule has 2 aromatic heterocycles. The summed E-state index contributed by atoms with van der Waals surface area (Å²) in [6.07, 6.45) is 8.93. The first-order valence-corrected chi connectivity index (χ1v) is 10.1. The number of hydrogen-bond acceptors (Lipinski definition) is 4. The van der Waals surface area contributed by atoms with Crippen molar-refractivity contribution in [3.8, 4) is 0 Å². The maximum Gasteiger partial charge on any atom is 0.223 e. The van der Waals surface area contributed by atoms with Gasteiger partial charge in [-0.05, 0) is 87.4 Å². The van der Waals surface area contributed by atoms with Gasteiger partial charge in [0, 0.05) is 24.9 Å². The molecule has 27 heavy (non-hydrogen) atoms. The van der Waals surface area contributed by atoms with Gasteiger partial charge < -0.3 is 9.73 Å². The van der Waals surface area contributed by atoms with Gasteiger partial charge in [0.15, 0.2) is 0 Å². The lowest BCUT2D eigenvalue weighted by molar-refractivity contribution is -0.123. The highest BCUT2D eigenvalue weighted by atomic mass is 16.3. The highest BCUT2D eigenvalue weighted by Crippen LogP contribution is 2.59. The number of nitrogens with one attached hydrogen (secondary N) is 1. The third kappa shape index (κ3) is 4.41. The van der Waals surface area contributed by atoms with Crippen LogP contribution in [0.2, 0.25) is 0 Å². The Hall–Kier alpha value is -2.14. The van der Waals surface area contributed by atoms with Gasteiger partial charge in [0.2, 0.25) is 5.91 Å². The lowest BCUT2D eigenvalue weighted by atomic mass is 9.90. The molecule has 1 saturated heterocycles. The number of furan rings is 1. The molecule has 1 saturated carbocycles. The second kappa shape index (κ2) is 7.85. The molecule has 0 radical (unpaired) electrons. The Bertz CT molecular complexity index is 763. The fourth-order valence-electron chi connectivity index (χ4n) is 4.39. The van der Waals surface area contributed by atoms with Gasteiger partial charge in [0.25, 0.3) is 0 Å². The van der Waals surface area contributed by atoms with Crippen molar-refractivity contribution in [2.45, 2.75) is 45.6 Å². The lowest BCUT2D eigenvalue weighted by Gasteiger charge is -2.32. The molecule has 0 aromatic carbocycles. The number of piperidine rings is 1. The van der Waals surface area contributed by atoms with E-state index in [4.69, 9.17) is 4.42 Å². The van der Waals surface area contributed by atoms with Gasteiger partial charge in [-0.3, -0.25) is 14.7 Å². The standard InChI is InChI=1S/C22H29N3O2/c1-17-4-5-19(27-17)16-25-13-8-22(9-14-25)15-20(22)21(26)24-10-2-3-18-6-11-23-12-7-18/h4-7,11-12,20H,2-3,8-10,13-16H2,1H3,(H,24,26). The molecule has 2 aliphatic rings. The number of aryl methyl sites for hydroxylation is 2. The summed E-state index contributed by atoms with van der Waals surface area (Å²) >= 11 is 0. The average Bonchev–Trinajstić information content (AvgIpc) is 3.24. The van der Waals surface area contributed by atoms with Gasteiger partial charge in [0.1, 0.15) is 11.5 Å². The van der Waals surface area contributed by atoms with E-state index < -0.39 is 0 Å². The summed E-state index contributed by atoms with van der Waals surface area (Å²) in [5, 5.41) is 3.16. The number of rotatable bonds is 7. The molecule has 5 nitrogen and oxygen atoms in total. The fraction of sp³-hybridized carbons (Fsp3) is 0.545. The van der Waals surface area contributed by atoms with Crippen LogP contribution >= 0.6 is 0 Å². The highest BCUT2D eigenvalue weighted by molar-refractivity contribution is 5.82. The van der Waals surface area contributed by atoms with Crippen LogP contribution in [0.5, 0.6) is 0 Å². The zero-order chi connectivity index (χ0) is 18.7. The largest absolute Gasteiger partial charge is 0.465 e. The molecule has 1 amide bonds. The van der Waals surface area contributed by atoms with Crippen LogP contribution in [0.15, 0.2) is 41.1 Å². The van der Waals surface area contributed by atoms with Crippen LogP contribution in [0.1, 0.15) is 42.8 Å². The van der Waals surface area contributed by atoms with Crippen molar-refractivity contribution in [2.24, 2.45) is 11.3 Å². The van der Waals surface area contributed by atoms with Crippen LogP contribution in [-0.4, -0.2) is 35.4 Å². The number of hydrogen-bond donors (Lipinski definition) is 1. The van der Waals surface area contributed by atoms with Crippen LogP contribution in [0, 0.1) is 18.3 Å². The zero-order valence-corrected chi connectivity index (χ0v) is 16.1. The molecule has 1 spiro atoms. The van der Waals surface area contributed by atoms with Gasteiger partial charge >= 0.3 is 0 Å². The van der Waals surface area contributed by atoms with E-state index in [1.807, 2.05) is 37.5 Å². The monoisotopic (exact) mass is 367 g/mol. The molecular weight excluding hydrogens is 338 g/mol. The number of aromatic nitrogens is 1. The van der Waals surface area contributed by atoms with E-state index in [2.05, 4.69) is 21.3 Å². The molecule has 1 aliphatic heterocycles. The Morgan fingerprint density at radius 1 is 1.26 bits per heavy atom. The quantitative estimate of drug-likeness (QED) is 0.763. The normalized spacial score (nSPS) is 21.3. The first-order valence-electron chi connectivity index (χ1n) is 10.1. The van der Waals surface area contributed by atoms with Gasteiger partial charge in [-0.1, -0.05) is 0 Å². The summed E-state index contributed by atoms with van der Waals surface area (Å²) in [5.41, 5.74) is 1.55. The predicted molar refractivity (Wildman–Crippen MR) is 104 cm³/mol. The minimum absolute atomic E-state index is 0.228. The fourth-order valence-corrected chi connectivity index (χ4v) is 4.39. The van der Waals surface area contributed by atoms with E-state index in [0.717, 1.165) is 69.8 Å². The maximum absolute atomic E-state index is 12.5. The molecule has 3 heterocycles. The minimum Gasteiger partial charge on any atom is -0.465 e. The minimum atomic E-state index is 0.228. The van der Waals surface area contributed by atoms with E-state index >= 15 is 0 Å².